The molecule has 2 heterocycles. The Morgan fingerprint density at radius 1 is 1.67 bits per heavy atom. The Morgan fingerprint density at radius 3 is 3.28 bits per heavy atom. The second-order valence-electron chi connectivity index (χ2n) is 4.13. The van der Waals surface area contributed by atoms with Crippen molar-refractivity contribution >= 4 is 33.2 Å². The SMILES string of the molecule is NC(=NC1CC1)SCc1cc(=O)n2ccsc2n1. The highest BCUT2D eigenvalue weighted by atomic mass is 32.2. The summed E-state index contributed by atoms with van der Waals surface area (Å²) in [5.41, 5.74) is 6.50. The van der Waals surface area contributed by atoms with Crippen molar-refractivity contribution in [2.24, 2.45) is 10.7 Å². The third-order valence-electron chi connectivity index (χ3n) is 2.58. The second kappa shape index (κ2) is 4.74. The van der Waals surface area contributed by atoms with Crippen LogP contribution in [-0.2, 0) is 5.75 Å². The first-order valence-corrected chi connectivity index (χ1v) is 7.51. The second-order valence-corrected chi connectivity index (χ2v) is 6.00. The van der Waals surface area contributed by atoms with Crippen LogP contribution in [0.3, 0.4) is 0 Å². The van der Waals surface area contributed by atoms with Crippen molar-refractivity contribution in [1.29, 1.82) is 0 Å². The molecule has 7 heteroatoms. The molecular weight excluding hydrogens is 268 g/mol. The summed E-state index contributed by atoms with van der Waals surface area (Å²) in [7, 11) is 0. The van der Waals surface area contributed by atoms with E-state index < -0.39 is 0 Å². The van der Waals surface area contributed by atoms with Gasteiger partial charge in [0.2, 0.25) is 0 Å². The molecule has 0 bridgehead atoms. The summed E-state index contributed by atoms with van der Waals surface area (Å²) in [6.45, 7) is 0. The first-order valence-electron chi connectivity index (χ1n) is 5.64. The van der Waals surface area contributed by atoms with Gasteiger partial charge in [-0.2, -0.15) is 0 Å². The van der Waals surface area contributed by atoms with Crippen LogP contribution in [0.5, 0.6) is 0 Å². The summed E-state index contributed by atoms with van der Waals surface area (Å²) in [6.07, 6.45) is 4.01. The van der Waals surface area contributed by atoms with Crippen molar-refractivity contribution in [3.8, 4) is 0 Å². The summed E-state index contributed by atoms with van der Waals surface area (Å²) >= 11 is 2.89. The minimum atomic E-state index is -0.0467. The Kier molecular flexibility index (Phi) is 3.09. The lowest BCUT2D eigenvalue weighted by molar-refractivity contribution is 1.04. The number of fused-ring (bicyclic) bond motifs is 1. The summed E-state index contributed by atoms with van der Waals surface area (Å²) in [4.78, 5) is 21.2. The molecule has 0 spiro atoms. The van der Waals surface area contributed by atoms with Gasteiger partial charge in [0.1, 0.15) is 0 Å². The Labute approximate surface area is 112 Å². The number of thiazole rings is 1. The van der Waals surface area contributed by atoms with Crippen molar-refractivity contribution in [3.05, 3.63) is 33.7 Å². The largest absolute Gasteiger partial charge is 0.379 e. The number of aliphatic imine (C=N–C) groups is 1. The minimum absolute atomic E-state index is 0.0467. The van der Waals surface area contributed by atoms with Gasteiger partial charge >= 0.3 is 0 Å². The Balaban J connectivity index is 1.75. The number of rotatable bonds is 3. The molecule has 5 nitrogen and oxygen atoms in total. The highest BCUT2D eigenvalue weighted by molar-refractivity contribution is 8.13. The first-order chi connectivity index (χ1) is 8.72. The molecule has 0 saturated heterocycles. The van der Waals surface area contributed by atoms with Crippen molar-refractivity contribution in [2.75, 3.05) is 0 Å². The Hall–Kier alpha value is -1.34. The molecule has 2 N–H and O–H groups in total. The summed E-state index contributed by atoms with van der Waals surface area (Å²) in [6, 6.07) is 1.98. The van der Waals surface area contributed by atoms with Gasteiger partial charge in [-0.25, -0.2) is 4.98 Å². The van der Waals surface area contributed by atoms with Gasteiger partial charge in [-0.05, 0) is 12.8 Å². The zero-order chi connectivity index (χ0) is 12.5. The molecule has 94 valence electrons. The van der Waals surface area contributed by atoms with E-state index in [0.717, 1.165) is 23.5 Å². The highest BCUT2D eigenvalue weighted by Crippen LogP contribution is 2.24. The third-order valence-corrected chi connectivity index (χ3v) is 4.18. The van der Waals surface area contributed by atoms with Crippen LogP contribution in [-0.4, -0.2) is 20.6 Å². The molecule has 1 aliphatic carbocycles. The van der Waals surface area contributed by atoms with Gasteiger partial charge in [0.05, 0.1) is 11.7 Å². The maximum Gasteiger partial charge on any atom is 0.258 e. The van der Waals surface area contributed by atoms with E-state index in [0.29, 0.717) is 17.0 Å². The summed E-state index contributed by atoms with van der Waals surface area (Å²) in [5, 5.41) is 2.44. The third kappa shape index (κ3) is 2.56. The van der Waals surface area contributed by atoms with Crippen molar-refractivity contribution in [1.82, 2.24) is 9.38 Å². The highest BCUT2D eigenvalue weighted by Gasteiger charge is 2.20. The average Bonchev–Trinajstić information content (AvgIpc) is 3.01. The molecule has 2 aromatic heterocycles. The molecule has 0 atom stereocenters. The van der Waals surface area contributed by atoms with Gasteiger partial charge in [0.15, 0.2) is 10.1 Å². The standard InChI is InChI=1S/C11H12N4OS2/c12-10(13-7-1-2-7)18-6-8-5-9(16)15-3-4-17-11(15)14-8/h3-5,7H,1-2,6H2,(H2,12,13). The topological polar surface area (TPSA) is 72.8 Å². The molecule has 2 aromatic rings. The van der Waals surface area contributed by atoms with Crippen molar-refractivity contribution < 1.29 is 0 Å². The number of hydrogen-bond acceptors (Lipinski definition) is 5. The van der Waals surface area contributed by atoms with Crippen molar-refractivity contribution in [2.45, 2.75) is 24.6 Å². The van der Waals surface area contributed by atoms with E-state index >= 15 is 0 Å². The number of nitrogens with zero attached hydrogens (tertiary/aromatic N) is 3. The van der Waals surface area contributed by atoms with Gasteiger partial charge < -0.3 is 5.73 Å². The molecule has 0 aliphatic heterocycles. The minimum Gasteiger partial charge on any atom is -0.379 e. The fourth-order valence-electron chi connectivity index (χ4n) is 1.53. The zero-order valence-corrected chi connectivity index (χ0v) is 11.2. The van der Waals surface area contributed by atoms with Crippen molar-refractivity contribution in [3.63, 3.8) is 0 Å². The van der Waals surface area contributed by atoms with Crippen LogP contribution >= 0.6 is 23.1 Å². The van der Waals surface area contributed by atoms with Crippen LogP contribution in [0, 0.1) is 0 Å². The molecule has 1 aliphatic rings. The Morgan fingerprint density at radius 2 is 2.50 bits per heavy atom. The number of nitrogens with two attached hydrogens (primary N) is 1. The molecule has 1 fully saturated rings. The smallest absolute Gasteiger partial charge is 0.258 e. The zero-order valence-electron chi connectivity index (χ0n) is 9.57. The molecular formula is C11H12N4OS2. The lowest BCUT2D eigenvalue weighted by Crippen LogP contribution is -2.14. The molecule has 18 heavy (non-hydrogen) atoms. The van der Waals surface area contributed by atoms with E-state index in [1.54, 1.807) is 16.7 Å². The number of hydrogen-bond donors (Lipinski definition) is 1. The molecule has 1 saturated carbocycles. The maximum atomic E-state index is 11.8. The average molecular weight is 280 g/mol. The fourth-order valence-corrected chi connectivity index (χ4v) is 2.94. The Bertz CT molecular complexity index is 656. The molecule has 0 radical (unpaired) electrons. The van der Waals surface area contributed by atoms with E-state index in [2.05, 4.69) is 9.98 Å². The van der Waals surface area contributed by atoms with Gasteiger partial charge in [-0.15, -0.1) is 11.3 Å². The number of aromatic nitrogens is 2. The molecule has 0 unspecified atom stereocenters. The van der Waals surface area contributed by atoms with Crippen LogP contribution in [0.4, 0.5) is 0 Å². The molecule has 0 amide bonds. The molecule has 0 aromatic carbocycles. The lowest BCUT2D eigenvalue weighted by Gasteiger charge is -2.01. The monoisotopic (exact) mass is 280 g/mol. The fraction of sp³-hybridized carbons (Fsp3) is 0.364. The lowest BCUT2D eigenvalue weighted by atomic mass is 10.4. The van der Waals surface area contributed by atoms with Crippen LogP contribution in [0.2, 0.25) is 0 Å². The number of thioether (sulfide) groups is 1. The first kappa shape index (κ1) is 11.7. The normalized spacial score (nSPS) is 16.3. The summed E-state index contributed by atoms with van der Waals surface area (Å²) < 4.78 is 1.54. The van der Waals surface area contributed by atoms with Gasteiger partial charge in [0.25, 0.3) is 5.56 Å². The van der Waals surface area contributed by atoms with Gasteiger partial charge in [-0.1, -0.05) is 11.8 Å². The molecule has 3 rings (SSSR count). The van der Waals surface area contributed by atoms with E-state index in [4.69, 9.17) is 5.73 Å². The van der Waals surface area contributed by atoms with E-state index in [9.17, 15) is 4.79 Å². The van der Waals surface area contributed by atoms with E-state index in [1.165, 1.54) is 23.1 Å². The van der Waals surface area contributed by atoms with Crippen LogP contribution in [0.1, 0.15) is 18.5 Å². The van der Waals surface area contributed by atoms with E-state index in [1.807, 2.05) is 5.38 Å². The predicted octanol–water partition coefficient (Wildman–Crippen LogP) is 1.47. The van der Waals surface area contributed by atoms with Crippen LogP contribution in [0.25, 0.3) is 4.96 Å². The quantitative estimate of drug-likeness (QED) is 0.682. The van der Waals surface area contributed by atoms with Gasteiger partial charge in [0, 0.05) is 23.4 Å². The van der Waals surface area contributed by atoms with Crippen LogP contribution < -0.4 is 11.3 Å². The number of amidine groups is 1. The summed E-state index contributed by atoms with van der Waals surface area (Å²) in [5.74, 6) is 0.589. The maximum absolute atomic E-state index is 11.8. The van der Waals surface area contributed by atoms with Gasteiger partial charge in [-0.3, -0.25) is 14.2 Å². The predicted molar refractivity (Wildman–Crippen MR) is 75.3 cm³/mol. The van der Waals surface area contributed by atoms with E-state index in [-0.39, 0.29) is 5.56 Å². The van der Waals surface area contributed by atoms with Crippen LogP contribution in [0.15, 0.2) is 27.4 Å².